The molecular weight excluding hydrogens is 516 g/mol. The maximum atomic E-state index is 12.1. The van der Waals surface area contributed by atoms with E-state index in [9.17, 15) is 9.59 Å². The third-order valence-electron chi connectivity index (χ3n) is 6.87. The fourth-order valence-corrected chi connectivity index (χ4v) is 4.80. The lowest BCUT2D eigenvalue weighted by Crippen LogP contribution is -2.26. The second-order valence-corrected chi connectivity index (χ2v) is 11.2. The number of carbonyl (C=O) groups is 2. The molecule has 1 atom stereocenters. The number of hydrogen-bond acceptors (Lipinski definition) is 4. The van der Waals surface area contributed by atoms with Gasteiger partial charge >= 0.3 is 11.9 Å². The lowest BCUT2D eigenvalue weighted by molar-refractivity contribution is -0.157. The first kappa shape index (κ1) is 35.4. The average molecular weight is 576 g/mol. The van der Waals surface area contributed by atoms with Crippen LogP contribution in [0.4, 0.5) is 0 Å². The van der Waals surface area contributed by atoms with E-state index in [-0.39, 0.29) is 18.5 Å². The fourth-order valence-electron chi connectivity index (χ4n) is 4.48. The van der Waals surface area contributed by atoms with E-state index in [0.717, 1.165) is 25.7 Å². The zero-order valence-corrected chi connectivity index (χ0v) is 25.6. The second-order valence-electron chi connectivity index (χ2n) is 10.5. The van der Waals surface area contributed by atoms with Crippen molar-refractivity contribution in [2.24, 2.45) is 0 Å². The molecule has 0 heterocycles. The Labute approximate surface area is 232 Å². The Balaban J connectivity index is 3.57. The van der Waals surface area contributed by atoms with Crippen LogP contribution in [0.2, 0.25) is 0 Å². The molecular formula is C31H59BrO4. The first-order valence-corrected chi connectivity index (χ1v) is 16.7. The number of halogens is 1. The minimum Gasteiger partial charge on any atom is -0.462 e. The largest absolute Gasteiger partial charge is 0.462 e. The minimum absolute atomic E-state index is 0.145. The molecule has 0 aromatic carbocycles. The van der Waals surface area contributed by atoms with E-state index in [2.05, 4.69) is 29.8 Å². The van der Waals surface area contributed by atoms with Crippen LogP contribution in [0, 0.1) is 0 Å². The highest BCUT2D eigenvalue weighted by Crippen LogP contribution is 2.14. The Kier molecular flexibility index (Phi) is 28.5. The molecule has 214 valence electrons. The predicted octanol–water partition coefficient (Wildman–Crippen LogP) is 10.2. The van der Waals surface area contributed by atoms with Gasteiger partial charge in [0.05, 0.1) is 0 Å². The van der Waals surface area contributed by atoms with E-state index in [4.69, 9.17) is 9.47 Å². The summed E-state index contributed by atoms with van der Waals surface area (Å²) in [4.78, 5) is 24.1. The van der Waals surface area contributed by atoms with Gasteiger partial charge in [-0.1, -0.05) is 158 Å². The Morgan fingerprint density at radius 3 is 1.22 bits per heavy atom. The normalized spacial score (nSPS) is 12.0. The summed E-state index contributed by atoms with van der Waals surface area (Å²) in [5.41, 5.74) is 0. The lowest BCUT2D eigenvalue weighted by Gasteiger charge is -2.15. The number of esters is 2. The van der Waals surface area contributed by atoms with Crippen molar-refractivity contribution in [2.45, 2.75) is 174 Å². The number of alkyl halides is 1. The summed E-state index contributed by atoms with van der Waals surface area (Å²) in [7, 11) is 0. The van der Waals surface area contributed by atoms with Gasteiger partial charge in [0.15, 0.2) is 0 Å². The van der Waals surface area contributed by atoms with Crippen LogP contribution in [-0.4, -0.2) is 30.0 Å². The zero-order chi connectivity index (χ0) is 26.5. The van der Waals surface area contributed by atoms with Gasteiger partial charge in [-0.3, -0.25) is 9.59 Å². The summed E-state index contributed by atoms with van der Waals surface area (Å²) in [5, 5.41) is 0.489. The topological polar surface area (TPSA) is 52.6 Å². The molecule has 0 saturated carbocycles. The first-order valence-electron chi connectivity index (χ1n) is 15.5. The molecule has 0 aliphatic carbocycles. The van der Waals surface area contributed by atoms with Crippen molar-refractivity contribution in [3.8, 4) is 0 Å². The molecule has 36 heavy (non-hydrogen) atoms. The lowest BCUT2D eigenvalue weighted by atomic mass is 10.1. The highest BCUT2D eigenvalue weighted by atomic mass is 79.9. The molecule has 0 spiro atoms. The Bertz CT molecular complexity index is 483. The molecule has 0 aliphatic rings. The van der Waals surface area contributed by atoms with Gasteiger partial charge in [0.2, 0.25) is 0 Å². The van der Waals surface area contributed by atoms with E-state index < -0.39 is 6.10 Å². The first-order chi connectivity index (χ1) is 17.6. The molecule has 0 radical (unpaired) electrons. The smallest absolute Gasteiger partial charge is 0.306 e. The van der Waals surface area contributed by atoms with Gasteiger partial charge in [-0.2, -0.15) is 0 Å². The van der Waals surface area contributed by atoms with Crippen molar-refractivity contribution >= 4 is 27.9 Å². The molecule has 0 bridgehead atoms. The molecule has 0 rings (SSSR count). The van der Waals surface area contributed by atoms with Crippen LogP contribution in [0.25, 0.3) is 0 Å². The fraction of sp³-hybridized carbons (Fsp3) is 0.935. The molecule has 0 aromatic rings. The van der Waals surface area contributed by atoms with Gasteiger partial charge in [-0.25, -0.2) is 0 Å². The summed E-state index contributed by atoms with van der Waals surface area (Å²) in [5.74, 6) is -0.366. The second kappa shape index (κ2) is 29.0. The van der Waals surface area contributed by atoms with E-state index in [1.165, 1.54) is 116 Å². The summed E-state index contributed by atoms with van der Waals surface area (Å²) in [6, 6.07) is 0. The van der Waals surface area contributed by atoms with Crippen molar-refractivity contribution in [3.05, 3.63) is 0 Å². The third kappa shape index (κ3) is 26.5. The average Bonchev–Trinajstić information content (AvgIpc) is 2.88. The molecule has 0 fully saturated rings. The predicted molar refractivity (Wildman–Crippen MR) is 157 cm³/mol. The molecule has 4 nitrogen and oxygen atoms in total. The van der Waals surface area contributed by atoms with Crippen molar-refractivity contribution in [2.75, 3.05) is 11.9 Å². The van der Waals surface area contributed by atoms with Gasteiger partial charge in [0, 0.05) is 18.2 Å². The molecule has 0 saturated heterocycles. The maximum Gasteiger partial charge on any atom is 0.306 e. The number of hydrogen-bond donors (Lipinski definition) is 0. The molecule has 0 aromatic heterocycles. The summed E-state index contributed by atoms with van der Waals surface area (Å²) < 4.78 is 10.8. The monoisotopic (exact) mass is 574 g/mol. The van der Waals surface area contributed by atoms with Gasteiger partial charge in [0.1, 0.15) is 12.7 Å². The SMILES string of the molecule is CCCCCCCCCCCCCC(=O)OC[C@H](CBr)OC(=O)CCCCCCCCCCCCC. The van der Waals surface area contributed by atoms with Crippen molar-refractivity contribution in [1.29, 1.82) is 0 Å². The van der Waals surface area contributed by atoms with E-state index >= 15 is 0 Å². The number of rotatable bonds is 28. The van der Waals surface area contributed by atoms with Crippen LogP contribution in [-0.2, 0) is 19.1 Å². The van der Waals surface area contributed by atoms with Crippen LogP contribution in [0.15, 0.2) is 0 Å². The van der Waals surface area contributed by atoms with Gasteiger partial charge < -0.3 is 9.47 Å². The zero-order valence-electron chi connectivity index (χ0n) is 24.0. The molecule has 0 N–H and O–H groups in total. The highest BCUT2D eigenvalue weighted by molar-refractivity contribution is 9.09. The van der Waals surface area contributed by atoms with Crippen LogP contribution < -0.4 is 0 Å². The van der Waals surface area contributed by atoms with Crippen LogP contribution in [0.5, 0.6) is 0 Å². The molecule has 5 heteroatoms. The summed E-state index contributed by atoms with van der Waals surface area (Å²) in [6.07, 6.45) is 28.3. The van der Waals surface area contributed by atoms with E-state index in [0.29, 0.717) is 18.2 Å². The Morgan fingerprint density at radius 2 is 0.861 bits per heavy atom. The van der Waals surface area contributed by atoms with Gasteiger partial charge in [-0.05, 0) is 12.8 Å². The number of ether oxygens (including phenoxy) is 2. The van der Waals surface area contributed by atoms with Crippen LogP contribution in [0.1, 0.15) is 168 Å². The summed E-state index contributed by atoms with van der Waals surface area (Å²) >= 11 is 3.37. The van der Waals surface area contributed by atoms with E-state index in [1.54, 1.807) is 0 Å². The molecule has 0 amide bonds. The Morgan fingerprint density at radius 1 is 0.528 bits per heavy atom. The number of carbonyl (C=O) groups excluding carboxylic acids is 2. The standard InChI is InChI=1S/C31H59BrO4/c1-3-5-7-9-11-13-15-17-19-21-23-25-30(33)35-28-29(27-32)36-31(34)26-24-22-20-18-16-14-12-10-8-6-4-2/h29H,3-28H2,1-2H3/t29-/m0/s1. The quantitative estimate of drug-likeness (QED) is 0.0529. The minimum atomic E-state index is -0.397. The van der Waals surface area contributed by atoms with Gasteiger partial charge in [-0.15, -0.1) is 0 Å². The van der Waals surface area contributed by atoms with Gasteiger partial charge in [0.25, 0.3) is 0 Å². The van der Waals surface area contributed by atoms with Crippen LogP contribution in [0.3, 0.4) is 0 Å². The Hall–Kier alpha value is -0.580. The van der Waals surface area contributed by atoms with E-state index in [1.807, 2.05) is 0 Å². The van der Waals surface area contributed by atoms with Crippen LogP contribution >= 0.6 is 15.9 Å². The molecule has 0 aliphatic heterocycles. The van der Waals surface area contributed by atoms with Crippen molar-refractivity contribution < 1.29 is 19.1 Å². The maximum absolute atomic E-state index is 12.1. The van der Waals surface area contributed by atoms with Crippen molar-refractivity contribution in [1.82, 2.24) is 0 Å². The third-order valence-corrected chi connectivity index (χ3v) is 7.59. The molecule has 0 unspecified atom stereocenters. The van der Waals surface area contributed by atoms with Crippen molar-refractivity contribution in [3.63, 3.8) is 0 Å². The number of unbranched alkanes of at least 4 members (excludes halogenated alkanes) is 20. The highest BCUT2D eigenvalue weighted by Gasteiger charge is 2.15. The summed E-state index contributed by atoms with van der Waals surface area (Å²) in [6.45, 7) is 4.66.